The molecule has 0 N–H and O–H groups in total. The lowest BCUT2D eigenvalue weighted by molar-refractivity contribution is -0.124. The van der Waals surface area contributed by atoms with Gasteiger partial charge in [-0.1, -0.05) is 42.0 Å². The van der Waals surface area contributed by atoms with Gasteiger partial charge in [-0.05, 0) is 61.3 Å². The third kappa shape index (κ3) is 3.08. The summed E-state index contributed by atoms with van der Waals surface area (Å²) >= 11 is 0. The fraction of sp³-hybridized carbons (Fsp3) is 0.333. The molecule has 2 amide bonds. The van der Waals surface area contributed by atoms with E-state index in [-0.39, 0.29) is 53.4 Å². The van der Waals surface area contributed by atoms with Crippen LogP contribution in [0.2, 0.25) is 0 Å². The molecule has 7 rings (SSSR count). The maximum atomic E-state index is 13.2. The molecular weight excluding hydrogens is 418 g/mol. The average molecular weight is 441 g/mol. The number of ether oxygens (including phenoxy) is 1. The lowest BCUT2D eigenvalue weighted by Gasteiger charge is -2.37. The maximum absolute atomic E-state index is 13.2. The summed E-state index contributed by atoms with van der Waals surface area (Å²) in [5.74, 6) is -0.229. The number of aryl methyl sites for hydroxylation is 1. The van der Waals surface area contributed by atoms with Crippen molar-refractivity contribution in [2.24, 2.45) is 35.5 Å². The molecule has 0 aromatic heterocycles. The molecule has 4 aliphatic carbocycles. The second-order valence-corrected chi connectivity index (χ2v) is 9.58. The summed E-state index contributed by atoms with van der Waals surface area (Å²) in [7, 11) is 0. The number of imide groups is 1. The van der Waals surface area contributed by atoms with Crippen molar-refractivity contribution in [3.8, 4) is 0 Å². The van der Waals surface area contributed by atoms with Crippen molar-refractivity contribution in [2.45, 2.75) is 13.3 Å². The Labute approximate surface area is 191 Å². The first kappa shape index (κ1) is 20.1. The van der Waals surface area contributed by atoms with Gasteiger partial charge in [-0.3, -0.25) is 19.3 Å². The number of amides is 2. The molecule has 33 heavy (non-hydrogen) atoms. The number of benzene rings is 2. The first-order chi connectivity index (χ1) is 15.9. The van der Waals surface area contributed by atoms with E-state index in [9.17, 15) is 19.2 Å². The van der Waals surface area contributed by atoms with Crippen molar-refractivity contribution in [3.63, 3.8) is 0 Å². The number of carbonyl (C=O) groups is 4. The van der Waals surface area contributed by atoms with E-state index in [0.29, 0.717) is 23.1 Å². The molecule has 2 bridgehead atoms. The van der Waals surface area contributed by atoms with Gasteiger partial charge in [0, 0.05) is 5.56 Å². The van der Waals surface area contributed by atoms with Crippen LogP contribution in [0.15, 0.2) is 60.7 Å². The third-order valence-electron chi connectivity index (χ3n) is 7.73. The molecule has 166 valence electrons. The van der Waals surface area contributed by atoms with Crippen LogP contribution >= 0.6 is 0 Å². The first-order valence-electron chi connectivity index (χ1n) is 11.4. The Kier molecular flexibility index (Phi) is 4.41. The minimum atomic E-state index is -0.628. The molecule has 2 saturated carbocycles. The van der Waals surface area contributed by atoms with Crippen LogP contribution in [0, 0.1) is 42.4 Å². The Hall–Kier alpha value is -3.54. The van der Waals surface area contributed by atoms with E-state index < -0.39 is 5.97 Å². The summed E-state index contributed by atoms with van der Waals surface area (Å²) in [5, 5.41) is 0. The van der Waals surface area contributed by atoms with Crippen LogP contribution in [0.5, 0.6) is 0 Å². The quantitative estimate of drug-likeness (QED) is 0.307. The molecule has 0 unspecified atom stereocenters. The van der Waals surface area contributed by atoms with Gasteiger partial charge in [-0.2, -0.15) is 0 Å². The van der Waals surface area contributed by atoms with Crippen LogP contribution < -0.4 is 4.90 Å². The Bertz CT molecular complexity index is 1180. The molecule has 3 fully saturated rings. The topological polar surface area (TPSA) is 80.8 Å². The van der Waals surface area contributed by atoms with Gasteiger partial charge in [0.15, 0.2) is 12.4 Å². The van der Waals surface area contributed by atoms with Crippen molar-refractivity contribution >= 4 is 29.3 Å². The van der Waals surface area contributed by atoms with E-state index in [2.05, 4.69) is 12.2 Å². The lowest BCUT2D eigenvalue weighted by atomic mass is 9.63. The van der Waals surface area contributed by atoms with Crippen LogP contribution in [0.1, 0.15) is 32.7 Å². The zero-order valence-corrected chi connectivity index (χ0v) is 18.1. The van der Waals surface area contributed by atoms with Gasteiger partial charge in [0.1, 0.15) is 0 Å². The number of rotatable bonds is 5. The minimum absolute atomic E-state index is 0.131. The second-order valence-electron chi connectivity index (χ2n) is 9.58. The smallest absolute Gasteiger partial charge is 0.338 e. The summed E-state index contributed by atoms with van der Waals surface area (Å²) < 4.78 is 5.17. The molecule has 0 spiro atoms. The first-order valence-corrected chi connectivity index (χ1v) is 11.4. The van der Waals surface area contributed by atoms with Crippen molar-refractivity contribution in [3.05, 3.63) is 77.4 Å². The summed E-state index contributed by atoms with van der Waals surface area (Å²) in [6.07, 6.45) is 5.41. The number of carbonyl (C=O) groups excluding carboxylic acids is 4. The largest absolute Gasteiger partial charge is 0.454 e. The highest BCUT2D eigenvalue weighted by Crippen LogP contribution is 2.65. The van der Waals surface area contributed by atoms with E-state index in [1.54, 1.807) is 24.3 Å². The molecule has 1 aliphatic heterocycles. The number of anilines is 1. The summed E-state index contributed by atoms with van der Waals surface area (Å²) in [4.78, 5) is 52.3. The van der Waals surface area contributed by atoms with Crippen LogP contribution in [0.25, 0.3) is 0 Å². The number of Topliss-reactive ketones (excluding diaryl/α,β-unsaturated/α-hetero) is 1. The van der Waals surface area contributed by atoms with Gasteiger partial charge in [0.2, 0.25) is 11.8 Å². The van der Waals surface area contributed by atoms with Crippen molar-refractivity contribution in [1.29, 1.82) is 0 Å². The van der Waals surface area contributed by atoms with E-state index >= 15 is 0 Å². The number of nitrogens with zero attached hydrogens (tertiary/aromatic N) is 1. The van der Waals surface area contributed by atoms with Gasteiger partial charge in [-0.15, -0.1) is 0 Å². The Morgan fingerprint density at radius 3 is 1.97 bits per heavy atom. The predicted molar refractivity (Wildman–Crippen MR) is 119 cm³/mol. The second kappa shape index (κ2) is 7.24. The highest BCUT2D eigenvalue weighted by molar-refractivity contribution is 6.22. The van der Waals surface area contributed by atoms with Crippen molar-refractivity contribution in [1.82, 2.24) is 0 Å². The van der Waals surface area contributed by atoms with E-state index in [4.69, 9.17) is 4.74 Å². The molecule has 5 aliphatic rings. The molecule has 6 heteroatoms. The highest BCUT2D eigenvalue weighted by Gasteiger charge is 2.67. The van der Waals surface area contributed by atoms with E-state index in [0.717, 1.165) is 12.0 Å². The number of esters is 1. The van der Waals surface area contributed by atoms with E-state index in [1.807, 2.05) is 19.1 Å². The molecule has 2 aromatic carbocycles. The Balaban J connectivity index is 1.14. The van der Waals surface area contributed by atoms with Gasteiger partial charge < -0.3 is 4.74 Å². The Morgan fingerprint density at radius 2 is 1.39 bits per heavy atom. The average Bonchev–Trinajstić information content (AvgIpc) is 3.61. The number of hydrogen-bond acceptors (Lipinski definition) is 5. The molecule has 1 heterocycles. The zero-order chi connectivity index (χ0) is 22.9. The van der Waals surface area contributed by atoms with Crippen LogP contribution in [-0.2, 0) is 14.3 Å². The fourth-order valence-electron chi connectivity index (χ4n) is 6.00. The number of ketones is 1. The van der Waals surface area contributed by atoms with Gasteiger partial charge >= 0.3 is 5.97 Å². The van der Waals surface area contributed by atoms with Gasteiger partial charge in [0.05, 0.1) is 23.1 Å². The monoisotopic (exact) mass is 441 g/mol. The molecule has 6 nitrogen and oxygen atoms in total. The number of hydrogen-bond donors (Lipinski definition) is 0. The molecule has 0 radical (unpaired) electrons. The standard InChI is InChI=1S/C27H23NO5/c1-14-2-4-15(5-3-14)22(29)13-33-27(32)16-6-8-17(9-7-16)28-25(30)23-18-10-11-19(21-12-20(18)21)24(23)26(28)31/h2-11,18-21,23-24H,12-13H2,1H3/t18-,19+,20-,21-,23+,24-/m1/s1. The predicted octanol–water partition coefficient (Wildman–Crippen LogP) is 3.59. The molecular formula is C27H23NO5. The summed E-state index contributed by atoms with van der Waals surface area (Å²) in [6, 6.07) is 13.3. The third-order valence-corrected chi connectivity index (χ3v) is 7.73. The van der Waals surface area contributed by atoms with Gasteiger partial charge in [0.25, 0.3) is 0 Å². The van der Waals surface area contributed by atoms with Crippen LogP contribution in [-0.4, -0.2) is 30.2 Å². The highest BCUT2D eigenvalue weighted by atomic mass is 16.5. The zero-order valence-electron chi connectivity index (χ0n) is 18.1. The summed E-state index contributed by atoms with van der Waals surface area (Å²) in [5.41, 5.74) is 2.26. The van der Waals surface area contributed by atoms with Gasteiger partial charge in [-0.25, -0.2) is 4.79 Å². The minimum Gasteiger partial charge on any atom is -0.454 e. The number of allylic oxidation sites excluding steroid dienone is 2. The Morgan fingerprint density at radius 1 is 0.848 bits per heavy atom. The van der Waals surface area contributed by atoms with E-state index in [1.165, 1.54) is 17.0 Å². The molecule has 2 aromatic rings. The SMILES string of the molecule is Cc1ccc(C(=O)COC(=O)c2ccc(N3C(=O)[C@@H]4[C@H]5C=C[C@H]([C@H]6C[C@H]56)[C@@H]4C3=O)cc2)cc1. The fourth-order valence-corrected chi connectivity index (χ4v) is 6.00. The van der Waals surface area contributed by atoms with Crippen molar-refractivity contribution in [2.75, 3.05) is 11.5 Å². The summed E-state index contributed by atoms with van der Waals surface area (Å²) in [6.45, 7) is 1.58. The lowest BCUT2D eigenvalue weighted by Crippen LogP contribution is -2.40. The van der Waals surface area contributed by atoms with Crippen LogP contribution in [0.3, 0.4) is 0 Å². The molecule has 1 saturated heterocycles. The normalized spacial score (nSPS) is 30.8. The molecule has 6 atom stereocenters. The maximum Gasteiger partial charge on any atom is 0.338 e. The van der Waals surface area contributed by atoms with Crippen LogP contribution in [0.4, 0.5) is 5.69 Å². The van der Waals surface area contributed by atoms with Crippen molar-refractivity contribution < 1.29 is 23.9 Å².